The second kappa shape index (κ2) is 8.17. The van der Waals surface area contributed by atoms with E-state index in [4.69, 9.17) is 16.3 Å². The largest absolute Gasteiger partial charge is 0.496 e. The predicted octanol–water partition coefficient (Wildman–Crippen LogP) is 4.50. The highest BCUT2D eigenvalue weighted by Gasteiger charge is 2.08. The van der Waals surface area contributed by atoms with Crippen LogP contribution in [-0.4, -0.2) is 18.8 Å². The lowest BCUT2D eigenvalue weighted by Gasteiger charge is -2.09. The summed E-state index contributed by atoms with van der Waals surface area (Å²) in [6, 6.07) is 8.12. The van der Waals surface area contributed by atoms with E-state index >= 15 is 0 Å². The molecule has 0 aliphatic carbocycles. The molecular formula is C16H14ClF2NO2S. The van der Waals surface area contributed by atoms with Crippen molar-refractivity contribution in [3.63, 3.8) is 0 Å². The Morgan fingerprint density at radius 2 is 1.91 bits per heavy atom. The molecule has 0 atom stereocenters. The van der Waals surface area contributed by atoms with Crippen LogP contribution in [-0.2, 0) is 10.5 Å². The number of hydrogen-bond acceptors (Lipinski definition) is 3. The summed E-state index contributed by atoms with van der Waals surface area (Å²) in [5.41, 5.74) is 0.961. The number of rotatable bonds is 6. The van der Waals surface area contributed by atoms with Crippen LogP contribution in [0, 0.1) is 11.6 Å². The molecule has 0 bridgehead atoms. The Balaban J connectivity index is 1.89. The number of carbonyl (C=O) groups is 1. The maximum absolute atomic E-state index is 13.1. The number of amides is 1. The molecule has 0 unspecified atom stereocenters. The highest BCUT2D eigenvalue weighted by molar-refractivity contribution is 7.99. The smallest absolute Gasteiger partial charge is 0.234 e. The van der Waals surface area contributed by atoms with Crippen molar-refractivity contribution in [2.75, 3.05) is 18.2 Å². The summed E-state index contributed by atoms with van der Waals surface area (Å²) in [4.78, 5) is 11.8. The highest BCUT2D eigenvalue weighted by atomic mass is 35.5. The Morgan fingerprint density at radius 3 is 2.57 bits per heavy atom. The third kappa shape index (κ3) is 5.41. The Hall–Kier alpha value is -1.79. The molecule has 0 heterocycles. The first kappa shape index (κ1) is 17.6. The van der Waals surface area contributed by atoms with Gasteiger partial charge in [-0.3, -0.25) is 4.79 Å². The van der Waals surface area contributed by atoms with E-state index in [1.54, 1.807) is 25.3 Å². The summed E-state index contributed by atoms with van der Waals surface area (Å²) in [6.07, 6.45) is 0. The van der Waals surface area contributed by atoms with E-state index in [0.717, 1.165) is 23.8 Å². The van der Waals surface area contributed by atoms with Crippen LogP contribution in [0.4, 0.5) is 14.5 Å². The van der Waals surface area contributed by atoms with Gasteiger partial charge in [-0.1, -0.05) is 11.6 Å². The Labute approximate surface area is 142 Å². The maximum Gasteiger partial charge on any atom is 0.234 e. The van der Waals surface area contributed by atoms with Gasteiger partial charge in [-0.25, -0.2) is 8.78 Å². The first-order valence-corrected chi connectivity index (χ1v) is 8.17. The molecule has 0 spiro atoms. The van der Waals surface area contributed by atoms with E-state index in [1.165, 1.54) is 11.8 Å². The van der Waals surface area contributed by atoms with E-state index in [-0.39, 0.29) is 17.3 Å². The van der Waals surface area contributed by atoms with E-state index in [2.05, 4.69) is 5.32 Å². The first-order chi connectivity index (χ1) is 11.0. The van der Waals surface area contributed by atoms with Crippen molar-refractivity contribution >= 4 is 35.0 Å². The molecule has 0 fully saturated rings. The molecule has 7 heteroatoms. The van der Waals surface area contributed by atoms with Crippen LogP contribution in [0.1, 0.15) is 5.56 Å². The van der Waals surface area contributed by atoms with Crippen LogP contribution < -0.4 is 10.1 Å². The van der Waals surface area contributed by atoms with Crippen molar-refractivity contribution in [2.24, 2.45) is 0 Å². The minimum atomic E-state index is -0.739. The van der Waals surface area contributed by atoms with Gasteiger partial charge in [-0.15, -0.1) is 11.8 Å². The number of thioether (sulfide) groups is 1. The average molecular weight is 358 g/mol. The Kier molecular flexibility index (Phi) is 6.24. The van der Waals surface area contributed by atoms with Crippen molar-refractivity contribution in [2.45, 2.75) is 5.75 Å². The Morgan fingerprint density at radius 1 is 1.22 bits per heavy atom. The monoisotopic (exact) mass is 357 g/mol. The fourth-order valence-electron chi connectivity index (χ4n) is 1.94. The molecule has 0 aliphatic rings. The molecule has 1 amide bonds. The molecule has 23 heavy (non-hydrogen) atoms. The van der Waals surface area contributed by atoms with E-state index in [9.17, 15) is 13.6 Å². The molecule has 1 N–H and O–H groups in total. The van der Waals surface area contributed by atoms with E-state index in [0.29, 0.717) is 16.5 Å². The molecule has 0 saturated carbocycles. The van der Waals surface area contributed by atoms with Gasteiger partial charge in [0.25, 0.3) is 0 Å². The minimum Gasteiger partial charge on any atom is -0.496 e. The van der Waals surface area contributed by atoms with Crippen LogP contribution >= 0.6 is 23.4 Å². The first-order valence-electron chi connectivity index (χ1n) is 6.64. The molecule has 2 rings (SSSR count). The van der Waals surface area contributed by atoms with Gasteiger partial charge in [0.1, 0.15) is 17.4 Å². The lowest BCUT2D eigenvalue weighted by Crippen LogP contribution is -2.14. The molecule has 3 nitrogen and oxygen atoms in total. The number of anilines is 1. The molecule has 0 saturated heterocycles. The Bertz CT molecular complexity index is 692. The van der Waals surface area contributed by atoms with Gasteiger partial charge >= 0.3 is 0 Å². The van der Waals surface area contributed by atoms with Gasteiger partial charge in [0.2, 0.25) is 5.91 Å². The number of hydrogen-bond donors (Lipinski definition) is 1. The predicted molar refractivity (Wildman–Crippen MR) is 89.2 cm³/mol. The second-order valence-electron chi connectivity index (χ2n) is 4.66. The molecule has 2 aromatic carbocycles. The van der Waals surface area contributed by atoms with Crippen molar-refractivity contribution in [1.29, 1.82) is 0 Å². The fourth-order valence-corrected chi connectivity index (χ4v) is 2.94. The van der Waals surface area contributed by atoms with Crippen LogP contribution in [0.3, 0.4) is 0 Å². The van der Waals surface area contributed by atoms with Gasteiger partial charge in [0.15, 0.2) is 0 Å². The number of halogens is 3. The normalized spacial score (nSPS) is 10.4. The quantitative estimate of drug-likeness (QED) is 0.827. The van der Waals surface area contributed by atoms with Gasteiger partial charge < -0.3 is 10.1 Å². The number of methoxy groups -OCH3 is 1. The summed E-state index contributed by atoms with van der Waals surface area (Å²) in [6.45, 7) is 0. The third-order valence-electron chi connectivity index (χ3n) is 2.88. The number of benzene rings is 2. The van der Waals surface area contributed by atoms with Crippen LogP contribution in [0.25, 0.3) is 0 Å². The summed E-state index contributed by atoms with van der Waals surface area (Å²) < 4.78 is 31.3. The summed E-state index contributed by atoms with van der Waals surface area (Å²) in [5.74, 6) is -0.480. The lowest BCUT2D eigenvalue weighted by atomic mass is 10.2. The molecule has 0 radical (unpaired) electrons. The van der Waals surface area contributed by atoms with Crippen molar-refractivity contribution in [3.8, 4) is 5.75 Å². The van der Waals surface area contributed by atoms with Crippen LogP contribution in [0.2, 0.25) is 5.02 Å². The zero-order chi connectivity index (χ0) is 16.8. The molecular weight excluding hydrogens is 344 g/mol. The maximum atomic E-state index is 13.1. The zero-order valence-electron chi connectivity index (χ0n) is 12.2. The number of ether oxygens (including phenoxy) is 1. The summed E-state index contributed by atoms with van der Waals surface area (Å²) in [7, 11) is 1.56. The molecule has 2 aromatic rings. The zero-order valence-corrected chi connectivity index (χ0v) is 13.8. The molecule has 0 aromatic heterocycles. The van der Waals surface area contributed by atoms with Gasteiger partial charge in [-0.05, 0) is 30.3 Å². The third-order valence-corrected chi connectivity index (χ3v) is 4.10. The van der Waals surface area contributed by atoms with E-state index in [1.807, 2.05) is 0 Å². The molecule has 122 valence electrons. The standard InChI is InChI=1S/C16H14ClF2NO2S/c1-22-15-3-2-11(17)4-10(15)8-23-9-16(21)20-14-6-12(18)5-13(19)7-14/h2-7H,8-9H2,1H3,(H,20,21). The van der Waals surface area contributed by atoms with Crippen molar-refractivity contribution in [1.82, 2.24) is 0 Å². The van der Waals surface area contributed by atoms with Gasteiger partial charge in [0, 0.05) is 28.1 Å². The van der Waals surface area contributed by atoms with Crippen LogP contribution in [0.5, 0.6) is 5.75 Å². The van der Waals surface area contributed by atoms with Gasteiger partial charge in [0.05, 0.1) is 12.9 Å². The average Bonchev–Trinajstić information content (AvgIpc) is 2.46. The number of nitrogens with one attached hydrogen (secondary N) is 1. The number of carbonyl (C=O) groups excluding carboxylic acids is 1. The summed E-state index contributed by atoms with van der Waals surface area (Å²) in [5, 5.41) is 3.04. The molecule has 0 aliphatic heterocycles. The highest BCUT2D eigenvalue weighted by Crippen LogP contribution is 2.26. The topological polar surface area (TPSA) is 38.3 Å². The SMILES string of the molecule is COc1ccc(Cl)cc1CSCC(=O)Nc1cc(F)cc(F)c1. The van der Waals surface area contributed by atoms with Crippen LogP contribution in [0.15, 0.2) is 36.4 Å². The minimum absolute atomic E-state index is 0.0911. The van der Waals surface area contributed by atoms with E-state index < -0.39 is 11.6 Å². The van der Waals surface area contributed by atoms with Gasteiger partial charge in [-0.2, -0.15) is 0 Å². The summed E-state index contributed by atoms with van der Waals surface area (Å²) >= 11 is 7.28. The second-order valence-corrected chi connectivity index (χ2v) is 6.08. The van der Waals surface area contributed by atoms with Crippen molar-refractivity contribution in [3.05, 3.63) is 58.6 Å². The lowest BCUT2D eigenvalue weighted by molar-refractivity contribution is -0.113. The van der Waals surface area contributed by atoms with Crippen molar-refractivity contribution < 1.29 is 18.3 Å². The fraction of sp³-hybridized carbons (Fsp3) is 0.188.